The predicted molar refractivity (Wildman–Crippen MR) is 78.7 cm³/mol. The number of fused-ring (bicyclic) bond motifs is 1. The van der Waals surface area contributed by atoms with Crippen molar-refractivity contribution in [1.29, 1.82) is 0 Å². The van der Waals surface area contributed by atoms with Gasteiger partial charge >= 0.3 is 5.69 Å². The van der Waals surface area contributed by atoms with Gasteiger partial charge in [0.15, 0.2) is 11.6 Å². The van der Waals surface area contributed by atoms with Gasteiger partial charge in [-0.15, -0.1) is 0 Å². The Hall–Kier alpha value is -2.40. The zero-order chi connectivity index (χ0) is 15.1. The first-order chi connectivity index (χ1) is 9.99. The number of aryl methyl sites for hydroxylation is 1. The summed E-state index contributed by atoms with van der Waals surface area (Å²) in [6.45, 7) is 1.70. The van der Waals surface area contributed by atoms with Crippen LogP contribution >= 0.6 is 11.6 Å². The van der Waals surface area contributed by atoms with E-state index in [9.17, 15) is 14.3 Å². The topological polar surface area (TPSA) is 55.1 Å². The first-order valence-electron chi connectivity index (χ1n) is 6.16. The summed E-state index contributed by atoms with van der Waals surface area (Å²) in [7, 11) is 0. The molecule has 0 unspecified atom stereocenters. The molecule has 0 saturated carbocycles. The minimum absolute atomic E-state index is 0.0697. The molecule has 0 amide bonds. The predicted octanol–water partition coefficient (Wildman–Crippen LogP) is 3.19. The second kappa shape index (κ2) is 4.86. The molecule has 0 aliphatic rings. The Kier molecular flexibility index (Phi) is 3.14. The average Bonchev–Trinajstić information content (AvgIpc) is 2.43. The Labute approximate surface area is 124 Å². The van der Waals surface area contributed by atoms with Crippen molar-refractivity contribution < 1.29 is 9.50 Å². The van der Waals surface area contributed by atoms with Gasteiger partial charge in [0.2, 0.25) is 0 Å². The molecule has 3 rings (SSSR count). The summed E-state index contributed by atoms with van der Waals surface area (Å²) in [4.78, 5) is 16.1. The molecule has 0 saturated heterocycles. The lowest BCUT2D eigenvalue weighted by molar-refractivity contribution is 0.431. The maximum Gasteiger partial charge on any atom is 0.352 e. The molecule has 0 atom stereocenters. The first kappa shape index (κ1) is 13.6. The van der Waals surface area contributed by atoms with Crippen LogP contribution in [0.3, 0.4) is 0 Å². The van der Waals surface area contributed by atoms with Crippen molar-refractivity contribution in [3.8, 4) is 11.4 Å². The molecule has 0 fully saturated rings. The Morgan fingerprint density at radius 1 is 1.29 bits per heavy atom. The molecular formula is C15H10ClFN2O2. The van der Waals surface area contributed by atoms with Crippen molar-refractivity contribution in [2.24, 2.45) is 0 Å². The highest BCUT2D eigenvalue weighted by atomic mass is 35.5. The molecule has 3 aromatic rings. The van der Waals surface area contributed by atoms with Gasteiger partial charge in [-0.3, -0.25) is 4.57 Å². The molecule has 4 nitrogen and oxygen atoms in total. The van der Waals surface area contributed by atoms with Crippen LogP contribution in [0.15, 0.2) is 41.2 Å². The summed E-state index contributed by atoms with van der Waals surface area (Å²) < 4.78 is 15.2. The number of aromatic nitrogens is 2. The molecule has 1 aromatic heterocycles. The van der Waals surface area contributed by atoms with E-state index < -0.39 is 17.3 Å². The van der Waals surface area contributed by atoms with Gasteiger partial charge in [-0.2, -0.15) is 4.98 Å². The van der Waals surface area contributed by atoms with E-state index in [2.05, 4.69) is 4.98 Å². The van der Waals surface area contributed by atoms with Crippen LogP contribution in [-0.4, -0.2) is 14.7 Å². The van der Waals surface area contributed by atoms with Crippen molar-refractivity contribution in [3.63, 3.8) is 0 Å². The number of benzene rings is 2. The van der Waals surface area contributed by atoms with Crippen LogP contribution in [0.25, 0.3) is 16.6 Å². The highest BCUT2D eigenvalue weighted by molar-refractivity contribution is 6.31. The van der Waals surface area contributed by atoms with Gasteiger partial charge < -0.3 is 5.11 Å². The van der Waals surface area contributed by atoms with Gasteiger partial charge in [0.25, 0.3) is 0 Å². The highest BCUT2D eigenvalue weighted by Gasteiger charge is 2.15. The van der Waals surface area contributed by atoms with Crippen LogP contribution in [0.2, 0.25) is 5.02 Å². The lowest BCUT2D eigenvalue weighted by Gasteiger charge is -2.12. The van der Waals surface area contributed by atoms with Crippen LogP contribution in [-0.2, 0) is 0 Å². The number of phenols is 1. The third kappa shape index (κ3) is 2.15. The van der Waals surface area contributed by atoms with E-state index in [1.54, 1.807) is 25.1 Å². The van der Waals surface area contributed by atoms with E-state index >= 15 is 0 Å². The third-order valence-corrected chi connectivity index (χ3v) is 3.48. The van der Waals surface area contributed by atoms with Crippen LogP contribution < -0.4 is 5.69 Å². The van der Waals surface area contributed by atoms with Crippen molar-refractivity contribution in [1.82, 2.24) is 9.55 Å². The van der Waals surface area contributed by atoms with Gasteiger partial charge in [0.05, 0.1) is 16.9 Å². The van der Waals surface area contributed by atoms with Gasteiger partial charge in [-0.05, 0) is 37.3 Å². The lowest BCUT2D eigenvalue weighted by atomic mass is 10.2. The second-order valence-electron chi connectivity index (χ2n) is 4.59. The molecule has 6 heteroatoms. The lowest BCUT2D eigenvalue weighted by Crippen LogP contribution is -2.23. The fraction of sp³-hybridized carbons (Fsp3) is 0.0667. The minimum Gasteiger partial charge on any atom is -0.505 e. The number of halogens is 2. The molecule has 0 bridgehead atoms. The Morgan fingerprint density at radius 2 is 2.05 bits per heavy atom. The van der Waals surface area contributed by atoms with E-state index in [0.29, 0.717) is 21.6 Å². The molecule has 1 heterocycles. The highest BCUT2D eigenvalue weighted by Crippen LogP contribution is 2.26. The van der Waals surface area contributed by atoms with E-state index in [0.717, 1.165) is 4.57 Å². The fourth-order valence-electron chi connectivity index (χ4n) is 2.27. The van der Waals surface area contributed by atoms with Gasteiger partial charge in [0.1, 0.15) is 0 Å². The molecule has 106 valence electrons. The molecule has 21 heavy (non-hydrogen) atoms. The summed E-state index contributed by atoms with van der Waals surface area (Å²) in [5.74, 6) is -1.42. The zero-order valence-corrected chi connectivity index (χ0v) is 11.7. The number of rotatable bonds is 1. The zero-order valence-electron chi connectivity index (χ0n) is 11.0. The van der Waals surface area contributed by atoms with Crippen LogP contribution in [0.1, 0.15) is 5.69 Å². The van der Waals surface area contributed by atoms with Gasteiger partial charge in [0, 0.05) is 10.4 Å². The number of hydrogen-bond acceptors (Lipinski definition) is 3. The summed E-state index contributed by atoms with van der Waals surface area (Å²) in [6, 6.07) is 9.02. The van der Waals surface area contributed by atoms with E-state index in [1.165, 1.54) is 18.2 Å². The maximum atomic E-state index is 14.1. The Morgan fingerprint density at radius 3 is 2.81 bits per heavy atom. The summed E-state index contributed by atoms with van der Waals surface area (Å²) in [5.41, 5.74) is 0.263. The van der Waals surface area contributed by atoms with E-state index in [1.807, 2.05) is 0 Å². The molecule has 1 N–H and O–H groups in total. The molecule has 0 spiro atoms. The molecular weight excluding hydrogens is 295 g/mol. The molecule has 0 radical (unpaired) electrons. The van der Waals surface area contributed by atoms with E-state index in [4.69, 9.17) is 11.6 Å². The number of aromatic hydroxyl groups is 1. The first-order valence-corrected chi connectivity index (χ1v) is 6.53. The van der Waals surface area contributed by atoms with Crippen LogP contribution in [0.5, 0.6) is 5.75 Å². The minimum atomic E-state index is -0.883. The van der Waals surface area contributed by atoms with Crippen LogP contribution in [0.4, 0.5) is 4.39 Å². The number of phenolic OH excluding ortho intramolecular Hbond substituents is 1. The normalized spacial score (nSPS) is 11.0. The largest absolute Gasteiger partial charge is 0.505 e. The van der Waals surface area contributed by atoms with Crippen molar-refractivity contribution in [2.75, 3.05) is 0 Å². The Bertz CT molecular complexity index is 921. The number of nitrogens with zero attached hydrogens (tertiary/aromatic N) is 2. The van der Waals surface area contributed by atoms with Crippen molar-refractivity contribution in [3.05, 3.63) is 63.4 Å². The maximum absolute atomic E-state index is 14.1. The smallest absolute Gasteiger partial charge is 0.352 e. The molecule has 0 aliphatic carbocycles. The van der Waals surface area contributed by atoms with Gasteiger partial charge in [-0.25, -0.2) is 9.18 Å². The quantitative estimate of drug-likeness (QED) is 0.751. The van der Waals surface area contributed by atoms with Crippen molar-refractivity contribution >= 4 is 22.5 Å². The average molecular weight is 305 g/mol. The summed E-state index contributed by atoms with van der Waals surface area (Å²) >= 11 is 5.97. The monoisotopic (exact) mass is 304 g/mol. The van der Waals surface area contributed by atoms with E-state index in [-0.39, 0.29) is 5.69 Å². The molecule has 0 aliphatic heterocycles. The van der Waals surface area contributed by atoms with Gasteiger partial charge in [-0.1, -0.05) is 17.7 Å². The van der Waals surface area contributed by atoms with Crippen molar-refractivity contribution in [2.45, 2.75) is 6.92 Å². The summed E-state index contributed by atoms with van der Waals surface area (Å²) in [5, 5.41) is 10.6. The Balaban J connectivity index is 2.50. The SMILES string of the molecule is Cc1nc(=O)n(-c2cccc(O)c2F)c2cc(Cl)ccc12. The number of hydrogen-bond donors (Lipinski definition) is 1. The second-order valence-corrected chi connectivity index (χ2v) is 5.02. The fourth-order valence-corrected chi connectivity index (χ4v) is 2.43. The summed E-state index contributed by atoms with van der Waals surface area (Å²) in [6.07, 6.45) is 0. The third-order valence-electron chi connectivity index (χ3n) is 3.24. The molecule has 2 aromatic carbocycles. The standard InChI is InChI=1S/C15H10ClFN2O2/c1-8-10-6-5-9(16)7-12(10)19(15(21)18-8)11-3-2-4-13(20)14(11)17/h2-7,20H,1H3. The van der Waals surface area contributed by atoms with Crippen LogP contribution in [0, 0.1) is 12.7 Å².